The Kier molecular flexibility index (Phi) is 4.38. The molecule has 1 rings (SSSR count). The average molecular weight is 218 g/mol. The van der Waals surface area contributed by atoms with Gasteiger partial charge in [-0.05, 0) is 13.3 Å². The molecule has 1 heterocycles. The molecule has 0 aromatic carbocycles. The normalized spacial score (nSPS) is 32.1. The van der Waals surface area contributed by atoms with Crippen molar-refractivity contribution in [1.82, 2.24) is 0 Å². The zero-order valence-electron chi connectivity index (χ0n) is 6.95. The largest absolute Gasteiger partial charge is 0.335 e. The Morgan fingerprint density at radius 3 is 2.69 bits per heavy atom. The van der Waals surface area contributed by atoms with E-state index < -0.39 is 21.4 Å². The van der Waals surface area contributed by atoms with Crippen LogP contribution < -0.4 is 0 Å². The van der Waals surface area contributed by atoms with Gasteiger partial charge in [0.15, 0.2) is 0 Å². The van der Waals surface area contributed by atoms with Crippen LogP contribution in [0.2, 0.25) is 0 Å². The van der Waals surface area contributed by atoms with Crippen molar-refractivity contribution in [3.05, 3.63) is 0 Å². The molecule has 1 aliphatic rings. The van der Waals surface area contributed by atoms with Crippen molar-refractivity contribution < 1.29 is 26.7 Å². The van der Waals surface area contributed by atoms with Gasteiger partial charge in [-0.2, -0.15) is 0 Å². The third kappa shape index (κ3) is 3.77. The molecule has 1 aliphatic heterocycles. The van der Waals surface area contributed by atoms with E-state index in [0.717, 1.165) is 0 Å². The Bertz CT molecular complexity index is 160. The Labute approximate surface area is 75.2 Å². The fourth-order valence-electron chi connectivity index (χ4n) is 0.707. The molecule has 0 bridgehead atoms. The lowest BCUT2D eigenvalue weighted by Crippen LogP contribution is -2.20. The summed E-state index contributed by atoms with van der Waals surface area (Å²) in [5.41, 5.74) is 0. The smallest absolute Gasteiger partial charge is 0.312 e. The van der Waals surface area contributed by atoms with Crippen molar-refractivity contribution in [1.29, 1.82) is 0 Å². The van der Waals surface area contributed by atoms with E-state index in [1.165, 1.54) is 0 Å². The summed E-state index contributed by atoms with van der Waals surface area (Å²) in [7, 11) is -1.94. The molecule has 3 atom stereocenters. The summed E-state index contributed by atoms with van der Waals surface area (Å²) in [6, 6.07) is 0. The highest BCUT2D eigenvalue weighted by atomic mass is 31.2. The first-order chi connectivity index (χ1) is 6.09. The van der Waals surface area contributed by atoms with Crippen molar-refractivity contribution in [3.63, 3.8) is 0 Å². The Morgan fingerprint density at radius 1 is 1.46 bits per heavy atom. The number of rotatable bonds is 3. The molecule has 0 aromatic heterocycles. The van der Waals surface area contributed by atoms with E-state index in [2.05, 4.69) is 4.52 Å². The maximum Gasteiger partial charge on any atom is 0.335 e. The molecule has 0 saturated carbocycles. The number of halogens is 3. The zero-order valence-corrected chi connectivity index (χ0v) is 7.85. The minimum atomic E-state index is -3.16. The first-order valence-corrected chi connectivity index (χ1v) is 4.88. The fraction of sp³-hybridized carbons (Fsp3) is 1.00. The molecule has 0 spiro atoms. The minimum absolute atomic E-state index is 0.135. The lowest BCUT2D eigenvalue weighted by atomic mass is 10.3. The molecule has 13 heavy (non-hydrogen) atoms. The van der Waals surface area contributed by atoms with E-state index in [4.69, 9.17) is 9.05 Å². The standard InChI is InChI=1S/C6H10F3O3P/c1-4-2-3-10-13(11-4)12-6(9)5(7)8/h4-6H,2-3H2,1H3. The Hall–Kier alpha value is 0.100. The van der Waals surface area contributed by atoms with Gasteiger partial charge in [-0.25, -0.2) is 13.2 Å². The van der Waals surface area contributed by atoms with Crippen LogP contribution >= 0.6 is 8.60 Å². The zero-order chi connectivity index (χ0) is 9.84. The van der Waals surface area contributed by atoms with Crippen molar-refractivity contribution in [2.75, 3.05) is 6.61 Å². The minimum Gasteiger partial charge on any atom is -0.312 e. The molecule has 0 amide bonds. The van der Waals surface area contributed by atoms with Crippen LogP contribution in [0.4, 0.5) is 13.2 Å². The van der Waals surface area contributed by atoms with Gasteiger partial charge in [0.1, 0.15) is 0 Å². The third-order valence-corrected chi connectivity index (χ3v) is 2.67. The van der Waals surface area contributed by atoms with E-state index in [0.29, 0.717) is 13.0 Å². The van der Waals surface area contributed by atoms with Gasteiger partial charge in [0.25, 0.3) is 12.8 Å². The van der Waals surface area contributed by atoms with Crippen LogP contribution in [0.1, 0.15) is 13.3 Å². The molecule has 0 N–H and O–H groups in total. The van der Waals surface area contributed by atoms with Crippen LogP contribution in [0.3, 0.4) is 0 Å². The van der Waals surface area contributed by atoms with Gasteiger partial charge in [0.2, 0.25) is 0 Å². The van der Waals surface area contributed by atoms with Crippen LogP contribution in [-0.4, -0.2) is 25.5 Å². The van der Waals surface area contributed by atoms with Crippen molar-refractivity contribution in [3.8, 4) is 0 Å². The SMILES string of the molecule is CC1CCOP(OC(F)C(F)F)O1. The number of hydrogen-bond donors (Lipinski definition) is 0. The van der Waals surface area contributed by atoms with Crippen LogP contribution in [0, 0.1) is 0 Å². The molecule has 1 fully saturated rings. The molecule has 3 nitrogen and oxygen atoms in total. The average Bonchev–Trinajstić information content (AvgIpc) is 2.04. The summed E-state index contributed by atoms with van der Waals surface area (Å²) in [6.07, 6.45) is -5.26. The highest BCUT2D eigenvalue weighted by Gasteiger charge is 2.30. The summed E-state index contributed by atoms with van der Waals surface area (Å²) < 4.78 is 49.7. The van der Waals surface area contributed by atoms with Crippen LogP contribution in [-0.2, 0) is 13.6 Å². The number of alkyl halides is 3. The molecule has 0 aromatic rings. The van der Waals surface area contributed by atoms with E-state index >= 15 is 0 Å². The predicted octanol–water partition coefficient (Wildman–Crippen LogP) is 2.62. The maximum absolute atomic E-state index is 12.3. The second-order valence-corrected chi connectivity index (χ2v) is 3.68. The number of hydrogen-bond acceptors (Lipinski definition) is 3. The van der Waals surface area contributed by atoms with E-state index in [9.17, 15) is 13.2 Å². The Balaban J connectivity index is 2.27. The topological polar surface area (TPSA) is 27.7 Å². The van der Waals surface area contributed by atoms with Gasteiger partial charge in [0.05, 0.1) is 12.7 Å². The second kappa shape index (κ2) is 5.10. The van der Waals surface area contributed by atoms with Gasteiger partial charge in [0, 0.05) is 0 Å². The lowest BCUT2D eigenvalue weighted by Gasteiger charge is -2.26. The first-order valence-electron chi connectivity index (χ1n) is 3.78. The summed E-state index contributed by atoms with van der Waals surface area (Å²) in [5, 5.41) is 0. The van der Waals surface area contributed by atoms with Crippen LogP contribution in [0.5, 0.6) is 0 Å². The second-order valence-electron chi connectivity index (χ2n) is 2.55. The van der Waals surface area contributed by atoms with E-state index in [-0.39, 0.29) is 6.10 Å². The van der Waals surface area contributed by atoms with Gasteiger partial charge in [-0.15, -0.1) is 0 Å². The highest BCUT2D eigenvalue weighted by molar-refractivity contribution is 7.41. The van der Waals surface area contributed by atoms with Crippen LogP contribution in [0.25, 0.3) is 0 Å². The molecule has 7 heteroatoms. The van der Waals surface area contributed by atoms with E-state index in [1.54, 1.807) is 6.92 Å². The molecule has 78 valence electrons. The first kappa shape index (κ1) is 11.2. The summed E-state index contributed by atoms with van der Waals surface area (Å²) in [6.45, 7) is 2.10. The van der Waals surface area contributed by atoms with Crippen molar-refractivity contribution in [2.24, 2.45) is 0 Å². The maximum atomic E-state index is 12.3. The molecule has 1 saturated heterocycles. The van der Waals surface area contributed by atoms with Gasteiger partial charge in [-0.3, -0.25) is 4.52 Å². The summed E-state index contributed by atoms with van der Waals surface area (Å²) in [4.78, 5) is 0. The lowest BCUT2D eigenvalue weighted by molar-refractivity contribution is -0.0844. The summed E-state index contributed by atoms with van der Waals surface area (Å²) in [5.74, 6) is 0. The quantitative estimate of drug-likeness (QED) is 0.681. The highest BCUT2D eigenvalue weighted by Crippen LogP contribution is 2.46. The monoisotopic (exact) mass is 218 g/mol. The van der Waals surface area contributed by atoms with Gasteiger partial charge < -0.3 is 9.05 Å². The Morgan fingerprint density at radius 2 is 2.15 bits per heavy atom. The van der Waals surface area contributed by atoms with Crippen molar-refractivity contribution in [2.45, 2.75) is 32.2 Å². The van der Waals surface area contributed by atoms with Gasteiger partial charge in [-0.1, -0.05) is 0 Å². The van der Waals surface area contributed by atoms with Crippen LogP contribution in [0.15, 0.2) is 0 Å². The van der Waals surface area contributed by atoms with Gasteiger partial charge >= 0.3 is 8.60 Å². The van der Waals surface area contributed by atoms with E-state index in [1.807, 2.05) is 0 Å². The molecule has 0 aliphatic carbocycles. The third-order valence-electron chi connectivity index (χ3n) is 1.37. The summed E-state index contributed by atoms with van der Waals surface area (Å²) >= 11 is 0. The molecular formula is C6H10F3O3P. The fourth-order valence-corrected chi connectivity index (χ4v) is 1.79. The molecular weight excluding hydrogens is 208 g/mol. The van der Waals surface area contributed by atoms with Crippen molar-refractivity contribution >= 4 is 8.60 Å². The molecule has 3 unspecified atom stereocenters. The predicted molar refractivity (Wildman–Crippen MR) is 40.0 cm³/mol. The molecule has 0 radical (unpaired) electrons.